The van der Waals surface area contributed by atoms with Gasteiger partial charge in [0.05, 0.1) is 12.6 Å². The van der Waals surface area contributed by atoms with Crippen molar-refractivity contribution in [2.45, 2.75) is 45.1 Å². The van der Waals surface area contributed by atoms with Crippen LogP contribution in [0.5, 0.6) is 0 Å². The molecule has 5 nitrogen and oxygen atoms in total. The molecule has 0 amide bonds. The highest BCUT2D eigenvalue weighted by Crippen LogP contribution is 2.18. The molecule has 2 fully saturated rings. The van der Waals surface area contributed by atoms with Crippen LogP contribution >= 0.6 is 24.0 Å². The number of piperidine rings is 1. The summed E-state index contributed by atoms with van der Waals surface area (Å²) in [4.78, 5) is 7.08. The fourth-order valence-electron chi connectivity index (χ4n) is 3.07. The summed E-state index contributed by atoms with van der Waals surface area (Å²) in [6.45, 7) is 8.22. The summed E-state index contributed by atoms with van der Waals surface area (Å²) in [7, 11) is 2.22. The molecule has 0 aromatic heterocycles. The van der Waals surface area contributed by atoms with Crippen molar-refractivity contribution >= 4 is 29.9 Å². The van der Waals surface area contributed by atoms with E-state index in [0.717, 1.165) is 44.5 Å². The Balaban J connectivity index is 0.00000242. The highest BCUT2D eigenvalue weighted by atomic mass is 127. The van der Waals surface area contributed by atoms with E-state index in [1.165, 1.54) is 38.8 Å². The van der Waals surface area contributed by atoms with Gasteiger partial charge in [0.25, 0.3) is 0 Å². The Bertz CT molecular complexity index is 313. The van der Waals surface area contributed by atoms with Crippen molar-refractivity contribution in [1.82, 2.24) is 15.5 Å². The summed E-state index contributed by atoms with van der Waals surface area (Å²) < 4.78 is 5.62. The van der Waals surface area contributed by atoms with Crippen LogP contribution in [-0.4, -0.2) is 63.3 Å². The number of rotatable bonds is 6. The van der Waals surface area contributed by atoms with Gasteiger partial charge < -0.3 is 20.3 Å². The zero-order chi connectivity index (χ0) is 14.9. The molecule has 6 heteroatoms. The molecule has 0 saturated carbocycles. The van der Waals surface area contributed by atoms with Crippen LogP contribution in [0.3, 0.4) is 0 Å². The summed E-state index contributed by atoms with van der Waals surface area (Å²) in [5.74, 6) is 1.82. The Morgan fingerprint density at radius 1 is 1.23 bits per heavy atom. The van der Waals surface area contributed by atoms with Crippen LogP contribution in [-0.2, 0) is 4.74 Å². The minimum absolute atomic E-state index is 0. The second kappa shape index (κ2) is 11.5. The maximum Gasteiger partial charge on any atom is 0.191 e. The molecule has 0 aliphatic carbocycles. The van der Waals surface area contributed by atoms with Crippen molar-refractivity contribution in [2.75, 3.05) is 46.4 Å². The predicted octanol–water partition coefficient (Wildman–Crippen LogP) is 2.07. The van der Waals surface area contributed by atoms with Crippen LogP contribution in [0.15, 0.2) is 4.99 Å². The van der Waals surface area contributed by atoms with Crippen molar-refractivity contribution in [3.8, 4) is 0 Å². The first kappa shape index (κ1) is 20.0. The topological polar surface area (TPSA) is 48.9 Å². The van der Waals surface area contributed by atoms with E-state index in [0.29, 0.717) is 6.10 Å². The van der Waals surface area contributed by atoms with Gasteiger partial charge >= 0.3 is 0 Å². The normalized spacial score (nSPS) is 24.1. The number of guanidine groups is 1. The van der Waals surface area contributed by atoms with Gasteiger partial charge in [-0.2, -0.15) is 0 Å². The van der Waals surface area contributed by atoms with E-state index in [4.69, 9.17) is 4.74 Å². The van der Waals surface area contributed by atoms with Gasteiger partial charge in [0, 0.05) is 19.7 Å². The van der Waals surface area contributed by atoms with E-state index in [1.54, 1.807) is 0 Å². The molecule has 2 rings (SSSR count). The van der Waals surface area contributed by atoms with Crippen molar-refractivity contribution in [2.24, 2.45) is 10.9 Å². The molecule has 0 bridgehead atoms. The Hall–Kier alpha value is -0.0800. The third-order valence-corrected chi connectivity index (χ3v) is 4.50. The standard InChI is InChI=1S/C16H32N4O.HI/c1-3-17-16(19-13-15-5-4-12-21-15)18-9-6-14-7-10-20(2)11-8-14;/h14-15H,3-13H2,1-2H3,(H2,17,18,19);1H. The zero-order valence-electron chi connectivity index (χ0n) is 14.1. The first-order valence-corrected chi connectivity index (χ1v) is 8.60. The second-order valence-corrected chi connectivity index (χ2v) is 6.32. The third-order valence-electron chi connectivity index (χ3n) is 4.50. The lowest BCUT2D eigenvalue weighted by molar-refractivity contribution is 0.117. The Kier molecular flexibility index (Phi) is 10.4. The summed E-state index contributed by atoms with van der Waals surface area (Å²) in [6.07, 6.45) is 6.58. The monoisotopic (exact) mass is 424 g/mol. The fourth-order valence-corrected chi connectivity index (χ4v) is 3.07. The Morgan fingerprint density at radius 3 is 2.64 bits per heavy atom. The first-order chi connectivity index (χ1) is 10.3. The number of nitrogens with one attached hydrogen (secondary N) is 2. The number of ether oxygens (including phenoxy) is 1. The Morgan fingerprint density at radius 2 is 2.00 bits per heavy atom. The number of nitrogens with zero attached hydrogens (tertiary/aromatic N) is 2. The van der Waals surface area contributed by atoms with E-state index in [2.05, 4.69) is 34.5 Å². The van der Waals surface area contributed by atoms with Gasteiger partial charge in [0.15, 0.2) is 5.96 Å². The summed E-state index contributed by atoms with van der Waals surface area (Å²) in [5.41, 5.74) is 0. The lowest BCUT2D eigenvalue weighted by Gasteiger charge is -2.29. The lowest BCUT2D eigenvalue weighted by Crippen LogP contribution is -2.39. The third kappa shape index (κ3) is 7.46. The van der Waals surface area contributed by atoms with Crippen LogP contribution in [0, 0.1) is 5.92 Å². The molecule has 2 aliphatic heterocycles. The minimum Gasteiger partial charge on any atom is -0.376 e. The maximum atomic E-state index is 5.62. The van der Waals surface area contributed by atoms with Crippen molar-refractivity contribution in [1.29, 1.82) is 0 Å². The molecular formula is C16H33IN4O. The first-order valence-electron chi connectivity index (χ1n) is 8.60. The molecule has 1 unspecified atom stereocenters. The van der Waals surface area contributed by atoms with Crippen LogP contribution in [0.25, 0.3) is 0 Å². The number of halogens is 1. The Labute approximate surface area is 152 Å². The van der Waals surface area contributed by atoms with Crippen LogP contribution < -0.4 is 10.6 Å². The van der Waals surface area contributed by atoms with Crippen LogP contribution in [0.1, 0.15) is 39.0 Å². The van der Waals surface area contributed by atoms with Crippen molar-refractivity contribution in [3.05, 3.63) is 0 Å². The van der Waals surface area contributed by atoms with Gasteiger partial charge in [0.2, 0.25) is 0 Å². The zero-order valence-corrected chi connectivity index (χ0v) is 16.5. The molecule has 130 valence electrons. The van der Waals surface area contributed by atoms with Gasteiger partial charge in [-0.3, -0.25) is 4.99 Å². The van der Waals surface area contributed by atoms with Gasteiger partial charge in [-0.05, 0) is 65.1 Å². The SMILES string of the molecule is CCNC(=NCC1CCCO1)NCCC1CCN(C)CC1.I. The molecular weight excluding hydrogens is 391 g/mol. The molecule has 2 N–H and O–H groups in total. The van der Waals surface area contributed by atoms with Gasteiger partial charge in [-0.1, -0.05) is 0 Å². The minimum atomic E-state index is 0. The van der Waals surface area contributed by atoms with Crippen molar-refractivity contribution in [3.63, 3.8) is 0 Å². The largest absolute Gasteiger partial charge is 0.376 e. The molecule has 22 heavy (non-hydrogen) atoms. The van der Waals surface area contributed by atoms with Crippen LogP contribution in [0.2, 0.25) is 0 Å². The van der Waals surface area contributed by atoms with E-state index in [9.17, 15) is 0 Å². The maximum absolute atomic E-state index is 5.62. The van der Waals surface area contributed by atoms with Gasteiger partial charge in [0.1, 0.15) is 0 Å². The summed E-state index contributed by atoms with van der Waals surface area (Å²) >= 11 is 0. The van der Waals surface area contributed by atoms with Gasteiger partial charge in [-0.25, -0.2) is 0 Å². The average molecular weight is 424 g/mol. The van der Waals surface area contributed by atoms with E-state index >= 15 is 0 Å². The number of hydrogen-bond donors (Lipinski definition) is 2. The highest BCUT2D eigenvalue weighted by Gasteiger charge is 2.17. The summed E-state index contributed by atoms with van der Waals surface area (Å²) in [5, 5.41) is 6.80. The molecule has 2 aliphatic rings. The lowest BCUT2D eigenvalue weighted by atomic mass is 9.94. The molecule has 0 spiro atoms. The fraction of sp³-hybridized carbons (Fsp3) is 0.938. The molecule has 2 heterocycles. The van der Waals surface area contributed by atoms with E-state index in [1.807, 2.05) is 0 Å². The van der Waals surface area contributed by atoms with E-state index < -0.39 is 0 Å². The molecule has 0 aromatic carbocycles. The van der Waals surface area contributed by atoms with Crippen molar-refractivity contribution < 1.29 is 4.74 Å². The molecule has 2 saturated heterocycles. The number of aliphatic imine (C=N–C) groups is 1. The molecule has 0 aromatic rings. The van der Waals surface area contributed by atoms with Crippen LogP contribution in [0.4, 0.5) is 0 Å². The smallest absolute Gasteiger partial charge is 0.191 e. The number of hydrogen-bond acceptors (Lipinski definition) is 3. The second-order valence-electron chi connectivity index (χ2n) is 6.32. The molecule has 0 radical (unpaired) electrons. The quantitative estimate of drug-likeness (QED) is 0.390. The molecule has 1 atom stereocenters. The van der Waals surface area contributed by atoms with E-state index in [-0.39, 0.29) is 24.0 Å². The predicted molar refractivity (Wildman–Crippen MR) is 103 cm³/mol. The average Bonchev–Trinajstić information content (AvgIpc) is 3.00. The summed E-state index contributed by atoms with van der Waals surface area (Å²) in [6, 6.07) is 0. The van der Waals surface area contributed by atoms with Gasteiger partial charge in [-0.15, -0.1) is 24.0 Å². The highest BCUT2D eigenvalue weighted by molar-refractivity contribution is 14.0. The number of likely N-dealkylation sites (tertiary alicyclic amines) is 1.